The first-order chi connectivity index (χ1) is 10.5. The molecule has 0 aliphatic carbocycles. The van der Waals surface area contributed by atoms with Gasteiger partial charge in [-0.25, -0.2) is 8.42 Å². The SMILES string of the molecule is O=S(=O)([O-])CCCCN1c2ccccc2Sc2ccccc21.[Na+]. The quantitative estimate of drug-likeness (QED) is 0.446. The number of unbranched alkanes of at least 4 members (excludes halogenated alkanes) is 1. The summed E-state index contributed by atoms with van der Waals surface area (Å²) in [5.41, 5.74) is 2.27. The third-order valence-corrected chi connectivity index (χ3v) is 5.48. The molecule has 7 heteroatoms. The van der Waals surface area contributed by atoms with Crippen LogP contribution in [0.25, 0.3) is 0 Å². The molecule has 1 aliphatic heterocycles. The van der Waals surface area contributed by atoms with Crippen molar-refractivity contribution >= 4 is 33.3 Å². The first-order valence-corrected chi connectivity index (χ1v) is 9.51. The van der Waals surface area contributed by atoms with Gasteiger partial charge in [-0.15, -0.1) is 0 Å². The van der Waals surface area contributed by atoms with Crippen LogP contribution in [-0.2, 0) is 10.1 Å². The number of hydrogen-bond acceptors (Lipinski definition) is 5. The molecule has 0 fully saturated rings. The first kappa shape index (κ1) is 18.8. The standard InChI is InChI=1S/C16H17NO3S2.Na/c18-22(19,20)12-6-5-11-17-13-7-1-3-9-15(13)21-16-10-4-2-8-14(16)17;/h1-4,7-10H,5-6,11-12H2,(H,18,19,20);/q;+1/p-1. The fraction of sp³-hybridized carbons (Fsp3) is 0.250. The number of fused-ring (bicyclic) bond motifs is 2. The molecule has 116 valence electrons. The average Bonchev–Trinajstić information content (AvgIpc) is 2.49. The van der Waals surface area contributed by atoms with E-state index in [2.05, 4.69) is 29.2 Å². The van der Waals surface area contributed by atoms with E-state index in [0.29, 0.717) is 19.4 Å². The second-order valence-electron chi connectivity index (χ2n) is 5.16. The summed E-state index contributed by atoms with van der Waals surface area (Å²) in [7, 11) is -4.12. The average molecular weight is 357 g/mol. The summed E-state index contributed by atoms with van der Waals surface area (Å²) >= 11 is 1.74. The van der Waals surface area contributed by atoms with E-state index in [0.717, 1.165) is 11.4 Å². The van der Waals surface area contributed by atoms with Crippen LogP contribution in [0.1, 0.15) is 12.8 Å². The molecule has 0 radical (unpaired) electrons. The molecule has 1 aliphatic rings. The van der Waals surface area contributed by atoms with Gasteiger partial charge in [0.1, 0.15) is 0 Å². The van der Waals surface area contributed by atoms with Crippen LogP contribution in [0.3, 0.4) is 0 Å². The molecule has 0 saturated heterocycles. The van der Waals surface area contributed by atoms with Crippen molar-refractivity contribution < 1.29 is 42.5 Å². The molecule has 0 bridgehead atoms. The van der Waals surface area contributed by atoms with Crippen LogP contribution >= 0.6 is 11.8 Å². The van der Waals surface area contributed by atoms with Crippen molar-refractivity contribution in [2.75, 3.05) is 17.2 Å². The molecule has 4 nitrogen and oxygen atoms in total. The van der Waals surface area contributed by atoms with Crippen LogP contribution in [0, 0.1) is 0 Å². The topological polar surface area (TPSA) is 60.4 Å². The fourth-order valence-corrected chi connectivity index (χ4v) is 4.22. The zero-order valence-corrected chi connectivity index (χ0v) is 16.6. The second kappa shape index (κ2) is 8.05. The van der Waals surface area contributed by atoms with E-state index in [9.17, 15) is 13.0 Å². The van der Waals surface area contributed by atoms with Crippen molar-refractivity contribution in [1.82, 2.24) is 0 Å². The number of anilines is 2. The minimum absolute atomic E-state index is 0. The van der Waals surface area contributed by atoms with Crippen molar-refractivity contribution in [1.29, 1.82) is 0 Å². The van der Waals surface area contributed by atoms with Crippen LogP contribution in [0.5, 0.6) is 0 Å². The van der Waals surface area contributed by atoms with Gasteiger partial charge in [-0.3, -0.25) is 0 Å². The van der Waals surface area contributed by atoms with Gasteiger partial charge in [0.2, 0.25) is 0 Å². The molecule has 0 amide bonds. The summed E-state index contributed by atoms with van der Waals surface area (Å²) in [6.07, 6.45) is 1.05. The number of rotatable bonds is 5. The Kier molecular flexibility index (Phi) is 6.59. The molecule has 0 unspecified atom stereocenters. The Morgan fingerprint density at radius 1 is 0.913 bits per heavy atom. The van der Waals surface area contributed by atoms with Crippen LogP contribution < -0.4 is 34.5 Å². The maximum absolute atomic E-state index is 10.7. The normalized spacial score (nSPS) is 13.0. The maximum Gasteiger partial charge on any atom is 1.00 e. The van der Waals surface area contributed by atoms with Gasteiger partial charge >= 0.3 is 29.6 Å². The van der Waals surface area contributed by atoms with Crippen molar-refractivity contribution in [2.24, 2.45) is 0 Å². The summed E-state index contributed by atoms with van der Waals surface area (Å²) in [6, 6.07) is 16.4. The summed E-state index contributed by atoms with van der Waals surface area (Å²) in [5.74, 6) is -0.293. The van der Waals surface area contributed by atoms with Gasteiger partial charge in [0.15, 0.2) is 0 Å². The Hall–Kier alpha value is -0.500. The number of para-hydroxylation sites is 2. The Bertz CT molecular complexity index is 735. The first-order valence-electron chi connectivity index (χ1n) is 7.12. The largest absolute Gasteiger partial charge is 1.00 e. The maximum atomic E-state index is 10.7. The van der Waals surface area contributed by atoms with Crippen LogP contribution in [-0.4, -0.2) is 25.3 Å². The van der Waals surface area contributed by atoms with E-state index in [1.165, 1.54) is 9.79 Å². The van der Waals surface area contributed by atoms with E-state index >= 15 is 0 Å². The molecule has 2 aromatic carbocycles. The van der Waals surface area contributed by atoms with Gasteiger partial charge < -0.3 is 9.45 Å². The summed E-state index contributed by atoms with van der Waals surface area (Å²) < 4.78 is 32.1. The fourth-order valence-electron chi connectivity index (χ4n) is 2.57. The molecule has 0 aromatic heterocycles. The Labute approximate surface area is 163 Å². The number of hydrogen-bond donors (Lipinski definition) is 0. The molecule has 2 aromatic rings. The smallest absolute Gasteiger partial charge is 0.748 e. The predicted molar refractivity (Wildman–Crippen MR) is 87.8 cm³/mol. The zero-order chi connectivity index (χ0) is 15.6. The van der Waals surface area contributed by atoms with E-state index in [1.807, 2.05) is 24.3 Å². The predicted octanol–water partition coefficient (Wildman–Crippen LogP) is 0.619. The molecular formula is C16H16NNaO3S2. The molecule has 0 spiro atoms. The van der Waals surface area contributed by atoms with Crippen LogP contribution in [0.4, 0.5) is 11.4 Å². The van der Waals surface area contributed by atoms with E-state index in [4.69, 9.17) is 0 Å². The van der Waals surface area contributed by atoms with Gasteiger partial charge in [0.25, 0.3) is 0 Å². The van der Waals surface area contributed by atoms with Crippen LogP contribution in [0.2, 0.25) is 0 Å². The molecule has 23 heavy (non-hydrogen) atoms. The minimum atomic E-state index is -4.12. The van der Waals surface area contributed by atoms with Crippen LogP contribution in [0.15, 0.2) is 58.3 Å². The Morgan fingerprint density at radius 2 is 1.43 bits per heavy atom. The summed E-state index contributed by atoms with van der Waals surface area (Å²) in [4.78, 5) is 4.59. The molecule has 0 atom stereocenters. The van der Waals surface area contributed by atoms with Gasteiger partial charge in [0, 0.05) is 22.1 Å². The van der Waals surface area contributed by atoms with Crippen molar-refractivity contribution in [3.63, 3.8) is 0 Å². The monoisotopic (exact) mass is 357 g/mol. The molecule has 0 saturated carbocycles. The third kappa shape index (κ3) is 4.75. The third-order valence-electron chi connectivity index (χ3n) is 3.56. The number of benzene rings is 2. The van der Waals surface area contributed by atoms with Gasteiger partial charge in [0.05, 0.1) is 21.5 Å². The van der Waals surface area contributed by atoms with Gasteiger partial charge in [-0.2, -0.15) is 0 Å². The summed E-state index contributed by atoms with van der Waals surface area (Å²) in [5, 5.41) is 0. The molecular weight excluding hydrogens is 341 g/mol. The Morgan fingerprint density at radius 3 is 1.96 bits per heavy atom. The van der Waals surface area contributed by atoms with Gasteiger partial charge in [-0.05, 0) is 37.1 Å². The van der Waals surface area contributed by atoms with E-state index < -0.39 is 10.1 Å². The van der Waals surface area contributed by atoms with E-state index in [-0.39, 0.29) is 35.3 Å². The van der Waals surface area contributed by atoms with Crippen molar-refractivity contribution in [3.05, 3.63) is 48.5 Å². The number of nitrogens with zero attached hydrogens (tertiary/aromatic N) is 1. The van der Waals surface area contributed by atoms with Crippen molar-refractivity contribution in [3.8, 4) is 0 Å². The van der Waals surface area contributed by atoms with Gasteiger partial charge in [-0.1, -0.05) is 36.0 Å². The molecule has 3 rings (SSSR count). The zero-order valence-electron chi connectivity index (χ0n) is 12.9. The molecule has 1 heterocycles. The minimum Gasteiger partial charge on any atom is -0.748 e. The van der Waals surface area contributed by atoms with E-state index in [1.54, 1.807) is 11.8 Å². The molecule has 0 N–H and O–H groups in total. The van der Waals surface area contributed by atoms with Crippen molar-refractivity contribution in [2.45, 2.75) is 22.6 Å². The Balaban J connectivity index is 0.00000192. The second-order valence-corrected chi connectivity index (χ2v) is 7.77. The summed E-state index contributed by atoms with van der Waals surface area (Å²) in [6.45, 7) is 0.699.